The van der Waals surface area contributed by atoms with Crippen LogP contribution in [-0.2, 0) is 11.1 Å². The predicted octanol–water partition coefficient (Wildman–Crippen LogP) is 4.40. The van der Waals surface area contributed by atoms with E-state index in [0.717, 1.165) is 12.2 Å². The molecule has 3 aromatic carbocycles. The van der Waals surface area contributed by atoms with Crippen LogP contribution in [0.5, 0.6) is 0 Å². The van der Waals surface area contributed by atoms with Crippen LogP contribution in [0.25, 0.3) is 11.1 Å². The van der Waals surface area contributed by atoms with E-state index in [1.54, 1.807) is 12.1 Å². The zero-order valence-corrected chi connectivity index (χ0v) is 24.8. The van der Waals surface area contributed by atoms with Gasteiger partial charge in [0.25, 0.3) is 0 Å². The van der Waals surface area contributed by atoms with E-state index in [2.05, 4.69) is 11.8 Å². The van der Waals surface area contributed by atoms with Crippen molar-refractivity contribution in [2.24, 2.45) is 5.92 Å². The quantitative estimate of drug-likeness (QED) is 0.196. The molecule has 0 aliphatic heterocycles. The molecule has 0 radical (unpaired) electrons. The van der Waals surface area contributed by atoms with Crippen molar-refractivity contribution in [1.82, 2.24) is 0 Å². The monoisotopic (exact) mass is 671 g/mol. The van der Waals surface area contributed by atoms with Crippen molar-refractivity contribution >= 4 is 51.6 Å². The Morgan fingerprint density at radius 1 is 1.11 bits per heavy atom. The number of hydrogen-bond donors (Lipinski definition) is 1. The van der Waals surface area contributed by atoms with Crippen molar-refractivity contribution in [2.45, 2.75) is 41.4 Å². The maximum absolute atomic E-state index is 12.6. The van der Waals surface area contributed by atoms with Gasteiger partial charge >= 0.3 is 242 Å². The first-order valence-electron chi connectivity index (χ1n) is 12.2. The number of para-hydroxylation sites is 1. The molecule has 3 aromatic rings. The van der Waals surface area contributed by atoms with E-state index in [-0.39, 0.29) is 36.7 Å². The van der Waals surface area contributed by atoms with Crippen LogP contribution >= 0.6 is 23.2 Å². The van der Waals surface area contributed by atoms with Crippen LogP contribution in [0.2, 0.25) is 10.0 Å². The van der Waals surface area contributed by atoms with Crippen molar-refractivity contribution in [3.8, 4) is 11.1 Å². The Morgan fingerprint density at radius 2 is 1.81 bits per heavy atom. The van der Waals surface area contributed by atoms with Gasteiger partial charge in [0.2, 0.25) is 0 Å². The molecule has 1 aliphatic carbocycles. The average Bonchev–Trinajstić information content (AvgIpc) is 3.42. The van der Waals surface area contributed by atoms with Gasteiger partial charge in [-0.15, -0.1) is 0 Å². The minimum atomic E-state index is -2.55. The molecule has 0 heterocycles. The number of aromatic carboxylic acids is 1. The molecule has 4 rings (SSSR count). The first kappa shape index (κ1) is 28.4. The van der Waals surface area contributed by atoms with Gasteiger partial charge < -0.3 is 0 Å². The van der Waals surface area contributed by atoms with Gasteiger partial charge in [0.15, 0.2) is 0 Å². The molecule has 1 aliphatic rings. The summed E-state index contributed by atoms with van der Waals surface area (Å²) in [5, 5.41) is 9.93. The van der Waals surface area contributed by atoms with Crippen LogP contribution in [0.3, 0.4) is 0 Å². The van der Waals surface area contributed by atoms with E-state index in [1.165, 1.54) is 48.3 Å². The standard InChI is InChI=1S/C28H29Cl2INO4S/c1-2-31-25(18-8-6-7-9-18)17-32(20-10-4-3-5-11-20)26-16-24(30)21(15-27(26)37(35)36)19-12-13-23(29)22(14-19)28(33)34/h3-5,10-16,18,25H,2,6-9,17H2,1H3,(H,33,34)(H,35,36)/q-1/p-1/t25-/m0/s1. The number of carboxylic acids is 1. The zero-order valence-electron chi connectivity index (χ0n) is 20.3. The fraction of sp³-hybridized carbons (Fsp3) is 0.321. The van der Waals surface area contributed by atoms with Gasteiger partial charge in [-0.25, -0.2) is 0 Å². The van der Waals surface area contributed by atoms with Crippen LogP contribution in [0.4, 0.5) is 11.4 Å². The minimum absolute atomic E-state index is 0.0553. The second-order valence-electron chi connectivity index (χ2n) is 8.96. The zero-order chi connectivity index (χ0) is 26.5. The summed E-state index contributed by atoms with van der Waals surface area (Å²) in [5.74, 6) is -0.502. The Bertz CT molecular complexity index is 1280. The molecule has 0 amide bonds. The first-order chi connectivity index (χ1) is 17.8. The molecule has 1 unspecified atom stereocenters. The Morgan fingerprint density at radius 3 is 2.43 bits per heavy atom. The Balaban J connectivity index is 1.83. The van der Waals surface area contributed by atoms with E-state index in [1.807, 2.05) is 30.3 Å². The predicted molar refractivity (Wildman–Crippen MR) is 146 cm³/mol. The van der Waals surface area contributed by atoms with Crippen LogP contribution in [0.15, 0.2) is 65.6 Å². The van der Waals surface area contributed by atoms with Crippen LogP contribution < -0.4 is 26.1 Å². The van der Waals surface area contributed by atoms with Gasteiger partial charge in [-0.3, -0.25) is 0 Å². The summed E-state index contributed by atoms with van der Waals surface area (Å²) in [7, 11) is 0. The molecule has 37 heavy (non-hydrogen) atoms. The van der Waals surface area contributed by atoms with Gasteiger partial charge in [0, 0.05) is 0 Å². The number of nitrogens with zero attached hydrogens (tertiary/aromatic N) is 1. The van der Waals surface area contributed by atoms with E-state index in [4.69, 9.17) is 23.2 Å². The summed E-state index contributed by atoms with van der Waals surface area (Å²) in [6.45, 7) is 2.98. The van der Waals surface area contributed by atoms with Crippen molar-refractivity contribution in [2.75, 3.05) is 15.9 Å². The van der Waals surface area contributed by atoms with E-state index in [0.29, 0.717) is 31.7 Å². The van der Waals surface area contributed by atoms with E-state index < -0.39 is 17.0 Å². The van der Waals surface area contributed by atoms with Crippen LogP contribution in [-0.4, -0.2) is 34.7 Å². The SMILES string of the molecule is CC[I-][C@@H](CN(c1ccccc1)c1cc(Cl)c(-c2ccc(Cl)c(C(=O)O)c2)cc1S(=O)[O-])C1CCCC1. The van der Waals surface area contributed by atoms with Gasteiger partial charge in [0.05, 0.1) is 0 Å². The van der Waals surface area contributed by atoms with Gasteiger partial charge in [0.1, 0.15) is 0 Å². The average molecular weight is 672 g/mol. The summed E-state index contributed by atoms with van der Waals surface area (Å²) in [6, 6.07) is 17.6. The molecule has 0 saturated heterocycles. The number of rotatable bonds is 10. The number of alkyl halides is 2. The van der Waals surface area contributed by atoms with Gasteiger partial charge in [-0.2, -0.15) is 0 Å². The molecule has 1 N–H and O–H groups in total. The summed E-state index contributed by atoms with van der Waals surface area (Å²) in [5.41, 5.74) is 2.30. The third kappa shape index (κ3) is 6.68. The molecular weight excluding hydrogens is 644 g/mol. The Hall–Kier alpha value is -1.65. The fourth-order valence-electron chi connectivity index (χ4n) is 4.93. The molecule has 198 valence electrons. The number of carbonyl (C=O) groups is 1. The summed E-state index contributed by atoms with van der Waals surface area (Å²) in [4.78, 5) is 13.8. The number of halogens is 3. The maximum atomic E-state index is 12.6. The van der Waals surface area contributed by atoms with Crippen molar-refractivity contribution in [1.29, 1.82) is 0 Å². The topological polar surface area (TPSA) is 80.7 Å². The summed E-state index contributed by atoms with van der Waals surface area (Å²) >= 11 is 10.2. The second-order valence-corrected chi connectivity index (χ2v) is 14.7. The van der Waals surface area contributed by atoms with Crippen molar-refractivity contribution < 1.29 is 39.9 Å². The molecule has 0 aromatic heterocycles. The van der Waals surface area contributed by atoms with Crippen molar-refractivity contribution in [3.05, 3.63) is 76.3 Å². The molecule has 0 bridgehead atoms. The van der Waals surface area contributed by atoms with Crippen LogP contribution in [0.1, 0.15) is 43.0 Å². The van der Waals surface area contributed by atoms with E-state index >= 15 is 0 Å². The molecule has 5 nitrogen and oxygen atoms in total. The molecule has 2 atom stereocenters. The first-order valence-corrected chi connectivity index (χ1v) is 16.8. The van der Waals surface area contributed by atoms with E-state index in [9.17, 15) is 18.7 Å². The molecule has 1 fully saturated rings. The molecule has 0 spiro atoms. The number of benzene rings is 3. The third-order valence-corrected chi connectivity index (χ3v) is 11.5. The van der Waals surface area contributed by atoms with Gasteiger partial charge in [-0.1, -0.05) is 0 Å². The van der Waals surface area contributed by atoms with Crippen LogP contribution in [0, 0.1) is 5.92 Å². The second kappa shape index (κ2) is 12.9. The Labute approximate surface area is 240 Å². The number of carboxylic acid groups (broad SMARTS) is 1. The summed E-state index contributed by atoms with van der Waals surface area (Å²) < 4.78 is 26.8. The number of anilines is 2. The van der Waals surface area contributed by atoms with Gasteiger partial charge in [-0.05, 0) is 0 Å². The third-order valence-electron chi connectivity index (χ3n) is 6.72. The normalized spacial score (nSPS) is 15.6. The molecular formula is C28H28Cl2INO4S-2. The fourth-order valence-corrected chi connectivity index (χ4v) is 9.19. The molecule has 1 saturated carbocycles. The van der Waals surface area contributed by atoms with Crippen molar-refractivity contribution in [3.63, 3.8) is 0 Å². The number of hydrogen-bond acceptors (Lipinski definition) is 4. The molecule has 9 heteroatoms. The Kier molecular flexibility index (Phi) is 9.91. The summed E-state index contributed by atoms with van der Waals surface area (Å²) in [6.07, 6.45) is 4.98.